The van der Waals surface area contributed by atoms with Crippen LogP contribution in [0.1, 0.15) is 143 Å². The van der Waals surface area contributed by atoms with Crippen molar-refractivity contribution in [3.05, 3.63) is 22.5 Å². The van der Waals surface area contributed by atoms with Crippen molar-refractivity contribution in [3.63, 3.8) is 0 Å². The van der Waals surface area contributed by atoms with Gasteiger partial charge in [0.1, 0.15) is 0 Å². The summed E-state index contributed by atoms with van der Waals surface area (Å²) in [5.41, 5.74) is 3.73. The van der Waals surface area contributed by atoms with Crippen molar-refractivity contribution >= 4 is 11.8 Å². The Hall–Kier alpha value is -1.58. The van der Waals surface area contributed by atoms with E-state index >= 15 is 0 Å². The van der Waals surface area contributed by atoms with Crippen molar-refractivity contribution < 1.29 is 14.3 Å². The predicted octanol–water partition coefficient (Wildman–Crippen LogP) is 8.18. The van der Waals surface area contributed by atoms with Crippen LogP contribution in [0.5, 0.6) is 0 Å². The third-order valence-electron chi connectivity index (χ3n) is 6.63. The minimum atomic E-state index is -0.220. The summed E-state index contributed by atoms with van der Waals surface area (Å²) < 4.78 is 4.71. The van der Waals surface area contributed by atoms with Crippen LogP contribution < -0.4 is 0 Å². The zero-order valence-corrected chi connectivity index (χ0v) is 21.5. The van der Waals surface area contributed by atoms with Crippen LogP contribution in [0.2, 0.25) is 0 Å². The first-order valence-electron chi connectivity index (χ1n) is 13.3. The van der Waals surface area contributed by atoms with Crippen LogP contribution in [0.4, 0.5) is 0 Å². The highest BCUT2D eigenvalue weighted by Crippen LogP contribution is 2.22. The zero-order valence-electron chi connectivity index (χ0n) is 21.5. The summed E-state index contributed by atoms with van der Waals surface area (Å²) >= 11 is 0. The van der Waals surface area contributed by atoms with Gasteiger partial charge in [-0.2, -0.15) is 0 Å². The number of esters is 1. The number of methoxy groups -OCH3 is 1. The van der Waals surface area contributed by atoms with Crippen molar-refractivity contribution in [3.8, 4) is 0 Å². The molecular formula is C28H49NO3. The summed E-state index contributed by atoms with van der Waals surface area (Å²) in [6.07, 6.45) is 21.5. The number of carbonyl (C=O) groups is 2. The van der Waals surface area contributed by atoms with Crippen molar-refractivity contribution in [1.29, 1.82) is 0 Å². The molecule has 32 heavy (non-hydrogen) atoms. The maximum absolute atomic E-state index is 12.7. The predicted molar refractivity (Wildman–Crippen MR) is 134 cm³/mol. The summed E-state index contributed by atoms with van der Waals surface area (Å²) in [6.45, 7) is 6.21. The topological polar surface area (TPSA) is 59.2 Å². The first-order chi connectivity index (χ1) is 15.5. The SMILES string of the molecule is CCCCCCCCCCCCCCCCCC(=O)c1c(C)[nH]c(CCC(=O)OC)c1C. The maximum atomic E-state index is 12.7. The lowest BCUT2D eigenvalue weighted by molar-refractivity contribution is -0.140. The highest BCUT2D eigenvalue weighted by molar-refractivity contribution is 5.98. The molecule has 0 bridgehead atoms. The number of aromatic amines is 1. The molecule has 1 N–H and O–H groups in total. The summed E-state index contributed by atoms with van der Waals surface area (Å²) in [6, 6.07) is 0. The van der Waals surface area contributed by atoms with Gasteiger partial charge >= 0.3 is 5.97 Å². The number of aromatic nitrogens is 1. The van der Waals surface area contributed by atoms with E-state index in [1.165, 1.54) is 90.6 Å². The minimum Gasteiger partial charge on any atom is -0.469 e. The Bertz CT molecular complexity index is 647. The van der Waals surface area contributed by atoms with Gasteiger partial charge in [0.15, 0.2) is 5.78 Å². The summed E-state index contributed by atoms with van der Waals surface area (Å²) in [7, 11) is 1.40. The lowest BCUT2D eigenvalue weighted by atomic mass is 9.99. The molecule has 0 radical (unpaired) electrons. The molecular weight excluding hydrogens is 398 g/mol. The number of unbranched alkanes of at least 4 members (excludes halogenated alkanes) is 14. The van der Waals surface area contributed by atoms with Gasteiger partial charge in [-0.3, -0.25) is 9.59 Å². The Kier molecular flexibility index (Phi) is 15.9. The average molecular weight is 448 g/mol. The van der Waals surface area contributed by atoms with Crippen molar-refractivity contribution in [2.45, 2.75) is 136 Å². The Morgan fingerprint density at radius 2 is 1.19 bits per heavy atom. The molecule has 0 unspecified atom stereocenters. The lowest BCUT2D eigenvalue weighted by Gasteiger charge is -2.05. The third-order valence-corrected chi connectivity index (χ3v) is 6.63. The zero-order chi connectivity index (χ0) is 23.6. The fraction of sp³-hybridized carbons (Fsp3) is 0.786. The van der Waals surface area contributed by atoms with Crippen LogP contribution in [0.25, 0.3) is 0 Å². The normalized spacial score (nSPS) is 11.1. The van der Waals surface area contributed by atoms with E-state index in [9.17, 15) is 9.59 Å². The largest absolute Gasteiger partial charge is 0.469 e. The van der Waals surface area contributed by atoms with E-state index in [0.717, 1.165) is 35.4 Å². The number of aryl methyl sites for hydroxylation is 2. The molecule has 0 aliphatic rings. The van der Waals surface area contributed by atoms with Gasteiger partial charge in [-0.1, -0.05) is 96.8 Å². The number of ketones is 1. The molecule has 4 nitrogen and oxygen atoms in total. The number of H-pyrrole nitrogens is 1. The molecule has 0 aromatic carbocycles. The molecule has 184 valence electrons. The lowest BCUT2D eigenvalue weighted by Crippen LogP contribution is -2.04. The minimum absolute atomic E-state index is 0.220. The van der Waals surface area contributed by atoms with E-state index in [-0.39, 0.29) is 11.8 Å². The van der Waals surface area contributed by atoms with E-state index < -0.39 is 0 Å². The maximum Gasteiger partial charge on any atom is 0.305 e. The smallest absolute Gasteiger partial charge is 0.305 e. The Morgan fingerprint density at radius 1 is 0.719 bits per heavy atom. The molecule has 1 aromatic rings. The fourth-order valence-corrected chi connectivity index (χ4v) is 4.59. The molecule has 1 rings (SSSR count). The van der Waals surface area contributed by atoms with E-state index in [4.69, 9.17) is 4.74 Å². The molecule has 0 atom stereocenters. The summed E-state index contributed by atoms with van der Waals surface area (Å²) in [5, 5.41) is 0. The Labute approximate surface area is 197 Å². The van der Waals surface area contributed by atoms with Gasteiger partial charge in [-0.15, -0.1) is 0 Å². The molecule has 0 saturated carbocycles. The number of ether oxygens (including phenoxy) is 1. The average Bonchev–Trinajstić information content (AvgIpc) is 3.07. The number of hydrogen-bond acceptors (Lipinski definition) is 3. The highest BCUT2D eigenvalue weighted by atomic mass is 16.5. The Balaban J connectivity index is 2.07. The van der Waals surface area contributed by atoms with Crippen LogP contribution in [0.3, 0.4) is 0 Å². The van der Waals surface area contributed by atoms with Crippen molar-refractivity contribution in [2.24, 2.45) is 0 Å². The van der Waals surface area contributed by atoms with Crippen LogP contribution in [-0.4, -0.2) is 23.8 Å². The first-order valence-corrected chi connectivity index (χ1v) is 13.3. The highest BCUT2D eigenvalue weighted by Gasteiger charge is 2.18. The van der Waals surface area contributed by atoms with Gasteiger partial charge in [0.2, 0.25) is 0 Å². The molecule has 0 spiro atoms. The van der Waals surface area contributed by atoms with Gasteiger partial charge in [0.25, 0.3) is 0 Å². The number of Topliss-reactive ketones (excluding diaryl/α,β-unsaturated/α-hetero) is 1. The molecule has 1 aromatic heterocycles. The van der Waals surface area contributed by atoms with Crippen LogP contribution in [-0.2, 0) is 16.0 Å². The molecule has 0 aliphatic carbocycles. The molecule has 1 heterocycles. The summed E-state index contributed by atoms with van der Waals surface area (Å²) in [4.78, 5) is 27.4. The number of carbonyl (C=O) groups excluding carboxylic acids is 2. The number of rotatable bonds is 20. The van der Waals surface area contributed by atoms with Crippen LogP contribution >= 0.6 is 0 Å². The number of nitrogens with one attached hydrogen (secondary N) is 1. The van der Waals surface area contributed by atoms with E-state index in [1.807, 2.05) is 13.8 Å². The monoisotopic (exact) mass is 447 g/mol. The van der Waals surface area contributed by atoms with Crippen molar-refractivity contribution in [2.75, 3.05) is 7.11 Å². The van der Waals surface area contributed by atoms with Gasteiger partial charge in [-0.05, 0) is 32.3 Å². The Morgan fingerprint density at radius 3 is 1.66 bits per heavy atom. The van der Waals surface area contributed by atoms with Crippen molar-refractivity contribution in [1.82, 2.24) is 4.98 Å². The second kappa shape index (κ2) is 17.9. The second-order valence-electron chi connectivity index (χ2n) is 9.43. The quantitative estimate of drug-likeness (QED) is 0.124. The van der Waals surface area contributed by atoms with E-state index in [0.29, 0.717) is 19.3 Å². The van der Waals surface area contributed by atoms with Gasteiger partial charge in [-0.25, -0.2) is 0 Å². The third kappa shape index (κ3) is 11.9. The molecule has 4 heteroatoms. The van der Waals surface area contributed by atoms with Crippen LogP contribution in [0, 0.1) is 13.8 Å². The fourth-order valence-electron chi connectivity index (χ4n) is 4.59. The van der Waals surface area contributed by atoms with Gasteiger partial charge in [0.05, 0.1) is 13.5 Å². The number of hydrogen-bond donors (Lipinski definition) is 1. The molecule has 0 amide bonds. The van der Waals surface area contributed by atoms with E-state index in [2.05, 4.69) is 11.9 Å². The molecule has 0 fully saturated rings. The second-order valence-corrected chi connectivity index (χ2v) is 9.43. The molecule has 0 aliphatic heterocycles. The van der Waals surface area contributed by atoms with E-state index in [1.54, 1.807) is 0 Å². The standard InChI is InChI=1S/C28H49NO3/c1-5-6-7-8-9-10-11-12-13-14-15-16-17-18-19-20-26(30)28-23(2)25(29-24(28)3)21-22-27(31)32-4/h29H,5-22H2,1-4H3. The first kappa shape index (κ1) is 28.5. The van der Waals surface area contributed by atoms with Crippen LogP contribution in [0.15, 0.2) is 0 Å². The van der Waals surface area contributed by atoms with Gasteiger partial charge in [0, 0.05) is 23.4 Å². The summed E-state index contributed by atoms with van der Waals surface area (Å²) in [5.74, 6) is 0.0117. The van der Waals surface area contributed by atoms with Gasteiger partial charge < -0.3 is 9.72 Å². The molecule has 0 saturated heterocycles.